The third-order valence-electron chi connectivity index (χ3n) is 6.31. The second kappa shape index (κ2) is 23.2. The van der Waals surface area contributed by atoms with Crippen LogP contribution in [-0.4, -0.2) is 115 Å². The lowest BCUT2D eigenvalue weighted by molar-refractivity contribution is -0.138. The molecule has 0 aromatic rings. The third-order valence-corrected chi connectivity index (χ3v) is 6.31. The first-order valence-corrected chi connectivity index (χ1v) is 15.2. The molecule has 21 nitrogen and oxygen atoms in total. The summed E-state index contributed by atoms with van der Waals surface area (Å²) in [5.41, 5.74) is 26.5. The highest BCUT2D eigenvalue weighted by Crippen LogP contribution is 2.07. The molecule has 21 heteroatoms. The van der Waals surface area contributed by atoms with Crippen molar-refractivity contribution in [3.05, 3.63) is 0 Å². The van der Waals surface area contributed by atoms with E-state index in [4.69, 9.17) is 33.8 Å². The van der Waals surface area contributed by atoms with Gasteiger partial charge in [0.2, 0.25) is 35.4 Å². The van der Waals surface area contributed by atoms with E-state index in [0.29, 0.717) is 0 Å². The fraction of sp³-hybridized carbons (Fsp3) is 0.667. The molecule has 4 atom stereocenters. The Morgan fingerprint density at radius 3 is 1.54 bits per heavy atom. The van der Waals surface area contributed by atoms with Gasteiger partial charge in [-0.2, -0.15) is 0 Å². The highest BCUT2D eigenvalue weighted by Gasteiger charge is 2.29. The van der Waals surface area contributed by atoms with Crippen molar-refractivity contribution in [2.75, 3.05) is 32.7 Å². The monoisotopic (exact) mass is 685 g/mol. The lowest BCUT2D eigenvalue weighted by Crippen LogP contribution is -2.56. The molecule has 0 aliphatic heterocycles. The van der Waals surface area contributed by atoms with Gasteiger partial charge in [0.1, 0.15) is 30.7 Å². The molecule has 17 N–H and O–H groups in total. The summed E-state index contributed by atoms with van der Waals surface area (Å²) < 4.78 is 0. The van der Waals surface area contributed by atoms with Gasteiger partial charge in [-0.1, -0.05) is 13.8 Å². The Hall–Kier alpha value is -5.21. The first kappa shape index (κ1) is 42.8. The number of carbonyl (C=O) groups is 7. The third kappa shape index (κ3) is 20.0. The van der Waals surface area contributed by atoms with E-state index in [1.807, 2.05) is 0 Å². The molecule has 0 unspecified atom stereocenters. The Kier molecular flexibility index (Phi) is 20.6. The van der Waals surface area contributed by atoms with Crippen LogP contribution in [0.5, 0.6) is 0 Å². The van der Waals surface area contributed by atoms with Crippen molar-refractivity contribution in [2.45, 2.75) is 77.0 Å². The van der Waals surface area contributed by atoms with Crippen molar-refractivity contribution in [2.24, 2.45) is 44.6 Å². The zero-order valence-corrected chi connectivity index (χ0v) is 27.5. The zero-order chi connectivity index (χ0) is 36.8. The van der Waals surface area contributed by atoms with Gasteiger partial charge in [0.25, 0.3) is 0 Å². The molecule has 48 heavy (non-hydrogen) atoms. The normalized spacial score (nSPS) is 13.0. The number of carboxylic acid groups (broad SMARTS) is 1. The lowest BCUT2D eigenvalue weighted by Gasteiger charge is -2.24. The maximum atomic E-state index is 13.2. The summed E-state index contributed by atoms with van der Waals surface area (Å²) in [7, 11) is 0. The van der Waals surface area contributed by atoms with Crippen LogP contribution in [0.4, 0.5) is 0 Å². The Morgan fingerprint density at radius 2 is 1.10 bits per heavy atom. The number of aliphatic carboxylic acids is 1. The summed E-state index contributed by atoms with van der Waals surface area (Å²) in [6.07, 6.45) is 0.810. The molecule has 0 bridgehead atoms. The first-order valence-electron chi connectivity index (χ1n) is 15.2. The number of aliphatic imine (C=N–C) groups is 2. The minimum absolute atomic E-state index is 0.0528. The molecule has 0 rings (SSSR count). The number of guanidine groups is 2. The van der Waals surface area contributed by atoms with Crippen molar-refractivity contribution in [1.82, 2.24) is 31.9 Å². The smallest absolute Gasteiger partial charge is 0.322 e. The van der Waals surface area contributed by atoms with Crippen molar-refractivity contribution in [1.29, 1.82) is 0 Å². The molecule has 0 aromatic heterocycles. The van der Waals surface area contributed by atoms with Gasteiger partial charge in [0, 0.05) is 13.1 Å². The van der Waals surface area contributed by atoms with E-state index in [2.05, 4.69) is 41.9 Å². The van der Waals surface area contributed by atoms with Crippen molar-refractivity contribution in [3.8, 4) is 0 Å². The Morgan fingerprint density at radius 1 is 0.625 bits per heavy atom. The minimum Gasteiger partial charge on any atom is -0.480 e. The van der Waals surface area contributed by atoms with E-state index in [1.165, 1.54) is 6.92 Å². The van der Waals surface area contributed by atoms with E-state index in [1.54, 1.807) is 13.8 Å². The van der Waals surface area contributed by atoms with Gasteiger partial charge in [-0.3, -0.25) is 43.5 Å². The van der Waals surface area contributed by atoms with Gasteiger partial charge in [0.15, 0.2) is 11.9 Å². The molecule has 0 aromatic carbocycles. The van der Waals surface area contributed by atoms with E-state index in [9.17, 15) is 33.6 Å². The molecule has 0 aliphatic rings. The van der Waals surface area contributed by atoms with E-state index in [-0.39, 0.29) is 69.6 Å². The molecule has 0 radical (unpaired) electrons. The fourth-order valence-electron chi connectivity index (χ4n) is 4.00. The average molecular weight is 686 g/mol. The average Bonchev–Trinajstić information content (AvgIpc) is 3.00. The summed E-state index contributed by atoms with van der Waals surface area (Å²) in [6, 6.07) is -4.47. The molecule has 0 spiro atoms. The topological polar surface area (TPSA) is 367 Å². The van der Waals surface area contributed by atoms with Gasteiger partial charge >= 0.3 is 5.97 Å². The molecule has 0 saturated heterocycles. The molecule has 272 valence electrons. The van der Waals surface area contributed by atoms with E-state index < -0.39 is 78.7 Å². The molecule has 6 amide bonds. The minimum atomic E-state index is -1.29. The van der Waals surface area contributed by atoms with Gasteiger partial charge < -0.3 is 65.7 Å². The number of nitrogens with one attached hydrogen (secondary N) is 6. The van der Waals surface area contributed by atoms with Gasteiger partial charge in [0.05, 0.1) is 13.1 Å². The van der Waals surface area contributed by atoms with Crippen LogP contribution in [0.1, 0.15) is 52.9 Å². The highest BCUT2D eigenvalue weighted by molar-refractivity contribution is 5.95. The van der Waals surface area contributed by atoms with E-state index in [0.717, 1.165) is 0 Å². The van der Waals surface area contributed by atoms with Gasteiger partial charge in [-0.15, -0.1) is 0 Å². The Balaban J connectivity index is 5.60. The molecular weight excluding hydrogens is 634 g/mol. The summed E-state index contributed by atoms with van der Waals surface area (Å²) in [5.74, 6) is -5.94. The van der Waals surface area contributed by atoms with Crippen LogP contribution in [0.15, 0.2) is 9.98 Å². The molecule has 0 aliphatic carbocycles. The van der Waals surface area contributed by atoms with Crippen LogP contribution < -0.4 is 60.6 Å². The fourth-order valence-corrected chi connectivity index (χ4v) is 4.00. The van der Waals surface area contributed by atoms with Crippen LogP contribution in [-0.2, 0) is 33.6 Å². The molecule has 0 saturated carbocycles. The number of carboxylic acids is 1. The lowest BCUT2D eigenvalue weighted by atomic mass is 10.0. The molecular formula is C27H51N13O8. The van der Waals surface area contributed by atoms with Crippen LogP contribution in [0.3, 0.4) is 0 Å². The first-order chi connectivity index (χ1) is 22.5. The number of rotatable bonds is 23. The predicted octanol–water partition coefficient (Wildman–Crippen LogP) is -5.63. The quantitative estimate of drug-likeness (QED) is 0.0271. The van der Waals surface area contributed by atoms with Gasteiger partial charge in [-0.05, 0) is 44.9 Å². The van der Waals surface area contributed by atoms with Crippen LogP contribution in [0.25, 0.3) is 0 Å². The Labute approximate surface area is 278 Å². The van der Waals surface area contributed by atoms with Crippen LogP contribution in [0, 0.1) is 5.92 Å². The predicted molar refractivity (Wildman–Crippen MR) is 175 cm³/mol. The number of carbonyl (C=O) groups excluding carboxylic acids is 6. The number of nitrogens with zero attached hydrogens (tertiary/aromatic N) is 2. The number of hydrogen-bond acceptors (Lipinski definition) is 10. The van der Waals surface area contributed by atoms with Crippen molar-refractivity contribution in [3.63, 3.8) is 0 Å². The summed E-state index contributed by atoms with van der Waals surface area (Å²) in [4.78, 5) is 94.6. The standard InChI is InChI=1S/C27H51N13O8/c1-14(2)10-18(25(48)40-17(7-5-9-34-27(31)32)24(47)36-13-21(43)44)38-20(42)12-35-23(46)16(6-4-8-33-26(29)30)39-22(45)15(3)37-19(41)11-28/h14-18H,4-13,28H2,1-3H3,(H,35,46)(H,36,47)(H,37,41)(H,38,42)(H,39,45)(H,40,48)(H,43,44)(H4,29,30,33)(H4,31,32,34)/t15-,16-,17-,18-/m0/s1. The van der Waals surface area contributed by atoms with Crippen molar-refractivity contribution >= 4 is 53.3 Å². The number of amides is 6. The van der Waals surface area contributed by atoms with Gasteiger partial charge in [-0.25, -0.2) is 0 Å². The van der Waals surface area contributed by atoms with Crippen LogP contribution >= 0.6 is 0 Å². The SMILES string of the molecule is CC(C)C[C@H](NC(=O)CNC(=O)[C@H](CCCN=C(N)N)NC(=O)[C@H](C)NC(=O)CN)C(=O)N[C@@H](CCCN=C(N)N)C(=O)NCC(=O)O. The molecule has 0 fully saturated rings. The largest absolute Gasteiger partial charge is 0.480 e. The number of hydrogen-bond donors (Lipinski definition) is 12. The summed E-state index contributed by atoms with van der Waals surface area (Å²) in [6.45, 7) is 3.68. The number of nitrogens with two attached hydrogens (primary N) is 5. The summed E-state index contributed by atoms with van der Waals surface area (Å²) >= 11 is 0. The second-order valence-electron chi connectivity index (χ2n) is 11.1. The Bertz CT molecular complexity index is 1170. The maximum absolute atomic E-state index is 13.2. The summed E-state index contributed by atoms with van der Waals surface area (Å²) in [5, 5.41) is 23.5. The maximum Gasteiger partial charge on any atom is 0.322 e. The van der Waals surface area contributed by atoms with Crippen LogP contribution in [0.2, 0.25) is 0 Å². The van der Waals surface area contributed by atoms with Crippen molar-refractivity contribution < 1.29 is 38.7 Å². The van der Waals surface area contributed by atoms with E-state index >= 15 is 0 Å². The second-order valence-corrected chi connectivity index (χ2v) is 11.1. The highest BCUT2D eigenvalue weighted by atomic mass is 16.4. The zero-order valence-electron chi connectivity index (χ0n) is 27.5. The molecule has 0 heterocycles.